The van der Waals surface area contributed by atoms with Gasteiger partial charge in [0.05, 0.1) is 10.6 Å². The summed E-state index contributed by atoms with van der Waals surface area (Å²) in [6.45, 7) is 4.23. The number of nitrogens with one attached hydrogen (secondary N) is 1. The molecular formula is C17H23N3OS. The van der Waals surface area contributed by atoms with E-state index in [2.05, 4.69) is 39.0 Å². The summed E-state index contributed by atoms with van der Waals surface area (Å²) in [7, 11) is 0. The van der Waals surface area contributed by atoms with Crippen LogP contribution in [0.15, 0.2) is 28.1 Å². The second-order valence-electron chi connectivity index (χ2n) is 6.54. The van der Waals surface area contributed by atoms with Crippen molar-refractivity contribution in [2.24, 2.45) is 0 Å². The highest BCUT2D eigenvalue weighted by Gasteiger charge is 2.39. The van der Waals surface area contributed by atoms with Crippen LogP contribution >= 0.6 is 11.3 Å². The van der Waals surface area contributed by atoms with Crippen molar-refractivity contribution in [2.75, 3.05) is 19.6 Å². The molecule has 118 valence electrons. The van der Waals surface area contributed by atoms with Crippen LogP contribution in [0.3, 0.4) is 0 Å². The first-order valence-corrected chi connectivity index (χ1v) is 9.19. The van der Waals surface area contributed by atoms with Gasteiger partial charge in [0.1, 0.15) is 0 Å². The highest BCUT2D eigenvalue weighted by atomic mass is 32.1. The van der Waals surface area contributed by atoms with Crippen LogP contribution in [0, 0.1) is 0 Å². The third-order valence-corrected chi connectivity index (χ3v) is 6.03. The van der Waals surface area contributed by atoms with Crippen LogP contribution in [-0.2, 0) is 6.54 Å². The zero-order chi connectivity index (χ0) is 14.8. The zero-order valence-corrected chi connectivity index (χ0v) is 13.7. The van der Waals surface area contributed by atoms with Crippen LogP contribution in [0.4, 0.5) is 0 Å². The molecule has 1 aliphatic carbocycles. The van der Waals surface area contributed by atoms with E-state index < -0.39 is 0 Å². The lowest BCUT2D eigenvalue weighted by atomic mass is 9.79. The van der Waals surface area contributed by atoms with Gasteiger partial charge in [0.2, 0.25) is 0 Å². The standard InChI is InChI=1S/C17H23N3OS/c1-2-6-17(7-3-1)13-18-8-9-20(17)12-14-11-15(21-19-14)16-5-4-10-22-16/h4-5,10-11,18H,1-3,6-9,12-13H2. The number of aromatic nitrogens is 1. The molecule has 0 bridgehead atoms. The molecule has 4 nitrogen and oxygen atoms in total. The summed E-state index contributed by atoms with van der Waals surface area (Å²) in [6.07, 6.45) is 6.74. The monoisotopic (exact) mass is 317 g/mol. The quantitative estimate of drug-likeness (QED) is 0.940. The van der Waals surface area contributed by atoms with Crippen molar-refractivity contribution in [3.63, 3.8) is 0 Å². The van der Waals surface area contributed by atoms with E-state index in [4.69, 9.17) is 4.52 Å². The Kier molecular flexibility index (Phi) is 4.03. The SMILES string of the molecule is c1csc(-c2cc(CN3CCNCC34CCCCC4)no2)c1. The first kappa shape index (κ1) is 14.4. The number of hydrogen-bond donors (Lipinski definition) is 1. The Morgan fingerprint density at radius 2 is 2.23 bits per heavy atom. The summed E-state index contributed by atoms with van der Waals surface area (Å²) in [5.41, 5.74) is 1.41. The third-order valence-electron chi connectivity index (χ3n) is 5.14. The maximum absolute atomic E-state index is 5.54. The Morgan fingerprint density at radius 1 is 1.32 bits per heavy atom. The second-order valence-corrected chi connectivity index (χ2v) is 7.49. The molecule has 1 saturated heterocycles. The van der Waals surface area contributed by atoms with Gasteiger partial charge < -0.3 is 9.84 Å². The number of piperazine rings is 1. The number of rotatable bonds is 3. The molecule has 0 atom stereocenters. The van der Waals surface area contributed by atoms with Crippen molar-refractivity contribution in [3.8, 4) is 10.6 Å². The molecule has 4 rings (SSSR count). The Bertz CT molecular complexity index is 593. The van der Waals surface area contributed by atoms with Crippen LogP contribution < -0.4 is 5.32 Å². The molecular weight excluding hydrogens is 294 g/mol. The van der Waals surface area contributed by atoms with E-state index in [-0.39, 0.29) is 0 Å². The van der Waals surface area contributed by atoms with Crippen LogP contribution in [0.1, 0.15) is 37.8 Å². The van der Waals surface area contributed by atoms with Crippen LogP contribution in [0.25, 0.3) is 10.6 Å². The van der Waals surface area contributed by atoms with Crippen molar-refractivity contribution in [1.29, 1.82) is 0 Å². The summed E-state index contributed by atoms with van der Waals surface area (Å²) < 4.78 is 5.54. The Labute approximate surface area is 135 Å². The van der Waals surface area contributed by atoms with E-state index in [1.807, 2.05) is 0 Å². The number of thiophene rings is 1. The molecule has 1 spiro atoms. The molecule has 5 heteroatoms. The van der Waals surface area contributed by atoms with E-state index in [0.717, 1.165) is 42.5 Å². The van der Waals surface area contributed by atoms with Gasteiger partial charge in [-0.05, 0) is 24.3 Å². The third kappa shape index (κ3) is 2.73. The maximum Gasteiger partial charge on any atom is 0.177 e. The van der Waals surface area contributed by atoms with Gasteiger partial charge >= 0.3 is 0 Å². The molecule has 2 aliphatic rings. The van der Waals surface area contributed by atoms with E-state index in [1.165, 1.54) is 32.1 Å². The number of nitrogens with zero attached hydrogens (tertiary/aromatic N) is 2. The molecule has 0 radical (unpaired) electrons. The van der Waals surface area contributed by atoms with Crippen LogP contribution in [-0.4, -0.2) is 35.2 Å². The summed E-state index contributed by atoms with van der Waals surface area (Å²) in [5, 5.41) is 9.99. The molecule has 0 aromatic carbocycles. The van der Waals surface area contributed by atoms with Gasteiger partial charge in [0.25, 0.3) is 0 Å². The lowest BCUT2D eigenvalue weighted by Gasteiger charge is -2.49. The Morgan fingerprint density at radius 3 is 3.05 bits per heavy atom. The van der Waals surface area contributed by atoms with Crippen LogP contribution in [0.2, 0.25) is 0 Å². The largest absolute Gasteiger partial charge is 0.355 e. The lowest BCUT2D eigenvalue weighted by molar-refractivity contribution is 0.0193. The molecule has 2 fully saturated rings. The van der Waals surface area contributed by atoms with Crippen molar-refractivity contribution in [1.82, 2.24) is 15.4 Å². The molecule has 2 aromatic heterocycles. The average Bonchev–Trinajstić information content (AvgIpc) is 3.22. The molecule has 0 unspecified atom stereocenters. The second kappa shape index (κ2) is 6.14. The van der Waals surface area contributed by atoms with Gasteiger partial charge in [0.15, 0.2) is 5.76 Å². The van der Waals surface area contributed by atoms with E-state index in [1.54, 1.807) is 11.3 Å². The maximum atomic E-state index is 5.54. The fourth-order valence-electron chi connectivity index (χ4n) is 3.95. The summed E-state index contributed by atoms with van der Waals surface area (Å²) in [6, 6.07) is 6.25. The first-order chi connectivity index (χ1) is 10.9. The predicted molar refractivity (Wildman–Crippen MR) is 88.9 cm³/mol. The van der Waals surface area contributed by atoms with E-state index in [9.17, 15) is 0 Å². The summed E-state index contributed by atoms with van der Waals surface area (Å²) in [5.74, 6) is 0.901. The number of hydrogen-bond acceptors (Lipinski definition) is 5. The van der Waals surface area contributed by atoms with E-state index >= 15 is 0 Å². The fraction of sp³-hybridized carbons (Fsp3) is 0.588. The summed E-state index contributed by atoms with van der Waals surface area (Å²) >= 11 is 1.70. The first-order valence-electron chi connectivity index (χ1n) is 8.31. The topological polar surface area (TPSA) is 41.3 Å². The highest BCUT2D eigenvalue weighted by Crippen LogP contribution is 2.36. The highest BCUT2D eigenvalue weighted by molar-refractivity contribution is 7.13. The van der Waals surface area contributed by atoms with Gasteiger partial charge in [-0.1, -0.05) is 30.5 Å². The van der Waals surface area contributed by atoms with Crippen molar-refractivity contribution in [3.05, 3.63) is 29.3 Å². The molecule has 3 heterocycles. The molecule has 1 saturated carbocycles. The van der Waals surface area contributed by atoms with Crippen molar-refractivity contribution >= 4 is 11.3 Å². The molecule has 2 aromatic rings. The zero-order valence-electron chi connectivity index (χ0n) is 12.9. The molecule has 0 amide bonds. The van der Waals surface area contributed by atoms with Crippen molar-refractivity contribution in [2.45, 2.75) is 44.2 Å². The Balaban J connectivity index is 1.51. The minimum absolute atomic E-state index is 0.346. The fourth-order valence-corrected chi connectivity index (χ4v) is 4.62. The van der Waals surface area contributed by atoms with Crippen molar-refractivity contribution < 1.29 is 4.52 Å². The normalized spacial score (nSPS) is 22.2. The summed E-state index contributed by atoms with van der Waals surface area (Å²) in [4.78, 5) is 3.81. The average molecular weight is 317 g/mol. The minimum Gasteiger partial charge on any atom is -0.355 e. The predicted octanol–water partition coefficient (Wildman–Crippen LogP) is 3.51. The molecule has 22 heavy (non-hydrogen) atoms. The van der Waals surface area contributed by atoms with Gasteiger partial charge in [-0.15, -0.1) is 11.3 Å². The lowest BCUT2D eigenvalue weighted by Crippen LogP contribution is -2.61. The van der Waals surface area contributed by atoms with Gasteiger partial charge in [0, 0.05) is 37.8 Å². The molecule has 1 N–H and O–H groups in total. The molecule has 1 aliphatic heterocycles. The van der Waals surface area contributed by atoms with Gasteiger partial charge in [-0.2, -0.15) is 0 Å². The van der Waals surface area contributed by atoms with Crippen LogP contribution in [0.5, 0.6) is 0 Å². The van der Waals surface area contributed by atoms with Gasteiger partial charge in [-0.25, -0.2) is 0 Å². The smallest absolute Gasteiger partial charge is 0.177 e. The van der Waals surface area contributed by atoms with E-state index in [0.29, 0.717) is 5.54 Å². The Hall–Kier alpha value is -1.17. The minimum atomic E-state index is 0.346. The van der Waals surface area contributed by atoms with Gasteiger partial charge in [-0.3, -0.25) is 4.90 Å².